The number of amides is 1. The molecule has 1 aliphatic rings. The summed E-state index contributed by atoms with van der Waals surface area (Å²) in [5, 5.41) is 3.30. The lowest BCUT2D eigenvalue weighted by Gasteiger charge is -2.26. The third-order valence-electron chi connectivity index (χ3n) is 4.56. The third-order valence-corrected chi connectivity index (χ3v) is 4.56. The second-order valence-electron chi connectivity index (χ2n) is 6.27. The number of carbonyl (C=O) groups excluding carboxylic acids is 1. The molecule has 1 aromatic heterocycles. The molecule has 3 aromatic rings. The Hall–Kier alpha value is -3.41. The highest BCUT2D eigenvalue weighted by Gasteiger charge is 2.37. The molecule has 0 bridgehead atoms. The maximum atomic E-state index is 13.2. The van der Waals surface area contributed by atoms with Gasteiger partial charge in [0.1, 0.15) is 17.7 Å². The number of hydrogen-bond donors (Lipinski definition) is 1. The maximum absolute atomic E-state index is 13.2. The van der Waals surface area contributed by atoms with Crippen molar-refractivity contribution in [2.45, 2.75) is 12.7 Å². The van der Waals surface area contributed by atoms with Crippen molar-refractivity contribution >= 4 is 11.6 Å². The van der Waals surface area contributed by atoms with E-state index in [-0.39, 0.29) is 11.7 Å². The molecule has 1 unspecified atom stereocenters. The Labute approximate surface area is 156 Å². The topological polar surface area (TPSA) is 54.5 Å². The van der Waals surface area contributed by atoms with Gasteiger partial charge >= 0.3 is 0 Å². The molecule has 2 aromatic carbocycles. The number of anilines is 1. The van der Waals surface area contributed by atoms with Gasteiger partial charge in [-0.2, -0.15) is 0 Å². The van der Waals surface area contributed by atoms with Gasteiger partial charge in [-0.15, -0.1) is 0 Å². The van der Waals surface area contributed by atoms with E-state index in [9.17, 15) is 9.18 Å². The number of methoxy groups -OCH3 is 1. The van der Waals surface area contributed by atoms with Gasteiger partial charge in [0, 0.05) is 18.4 Å². The summed E-state index contributed by atoms with van der Waals surface area (Å²) in [6.45, 7) is 0.415. The van der Waals surface area contributed by atoms with E-state index in [2.05, 4.69) is 10.3 Å². The van der Waals surface area contributed by atoms with Crippen molar-refractivity contribution in [3.8, 4) is 5.75 Å². The van der Waals surface area contributed by atoms with Crippen LogP contribution in [0.2, 0.25) is 0 Å². The molecule has 5 nitrogen and oxygen atoms in total. The summed E-state index contributed by atoms with van der Waals surface area (Å²) >= 11 is 0. The number of rotatable bonds is 5. The highest BCUT2D eigenvalue weighted by molar-refractivity contribution is 5.98. The molecule has 0 saturated carbocycles. The molecule has 1 atom stereocenters. The first-order valence-electron chi connectivity index (χ1n) is 8.56. The molecule has 27 heavy (non-hydrogen) atoms. The summed E-state index contributed by atoms with van der Waals surface area (Å²) < 4.78 is 18.4. The standard InChI is InChI=1S/C21H18FN3O2/c1-27-17-10-4-14(5-11-17)13-25-20(24-16-8-6-15(22)7-9-16)19-18(21(25)26)3-2-12-23-19/h2-12,20,24H,13H2,1H3. The zero-order valence-electron chi connectivity index (χ0n) is 14.7. The zero-order valence-corrected chi connectivity index (χ0v) is 14.7. The van der Waals surface area contributed by atoms with Crippen molar-refractivity contribution in [2.24, 2.45) is 0 Å². The molecule has 0 aliphatic carbocycles. The fourth-order valence-corrected chi connectivity index (χ4v) is 3.18. The maximum Gasteiger partial charge on any atom is 0.258 e. The van der Waals surface area contributed by atoms with Crippen molar-refractivity contribution in [3.63, 3.8) is 0 Å². The first-order chi connectivity index (χ1) is 13.2. The van der Waals surface area contributed by atoms with Gasteiger partial charge < -0.3 is 15.0 Å². The van der Waals surface area contributed by atoms with Crippen molar-refractivity contribution in [1.82, 2.24) is 9.88 Å². The Morgan fingerprint density at radius 3 is 2.56 bits per heavy atom. The molecule has 1 amide bonds. The minimum atomic E-state index is -0.429. The quantitative estimate of drug-likeness (QED) is 0.745. The Morgan fingerprint density at radius 2 is 1.85 bits per heavy atom. The number of benzene rings is 2. The first kappa shape index (κ1) is 17.0. The van der Waals surface area contributed by atoms with E-state index in [1.807, 2.05) is 24.3 Å². The van der Waals surface area contributed by atoms with Crippen molar-refractivity contribution in [3.05, 3.63) is 89.5 Å². The summed E-state index contributed by atoms with van der Waals surface area (Å²) in [5.74, 6) is 0.364. The lowest BCUT2D eigenvalue weighted by molar-refractivity contribution is 0.0727. The normalized spacial score (nSPS) is 15.6. The average molecular weight is 363 g/mol. The number of halogens is 1. The average Bonchev–Trinajstić information content (AvgIpc) is 2.96. The molecule has 4 rings (SSSR count). The molecule has 6 heteroatoms. The summed E-state index contributed by atoms with van der Waals surface area (Å²) in [4.78, 5) is 19.1. The van der Waals surface area contributed by atoms with Crippen LogP contribution in [0.25, 0.3) is 0 Å². The Bertz CT molecular complexity index is 958. The van der Waals surface area contributed by atoms with Gasteiger partial charge in [0.05, 0.1) is 18.4 Å². The summed E-state index contributed by atoms with van der Waals surface area (Å²) in [7, 11) is 1.62. The second-order valence-corrected chi connectivity index (χ2v) is 6.27. The van der Waals surface area contributed by atoms with Crippen molar-refractivity contribution in [1.29, 1.82) is 0 Å². The van der Waals surface area contributed by atoms with Crippen molar-refractivity contribution < 1.29 is 13.9 Å². The molecule has 1 N–H and O–H groups in total. The number of ether oxygens (including phenoxy) is 1. The third kappa shape index (κ3) is 3.33. The summed E-state index contributed by atoms with van der Waals surface area (Å²) in [6.07, 6.45) is 1.24. The number of carbonyl (C=O) groups is 1. The van der Waals surface area contributed by atoms with Gasteiger partial charge in [0.15, 0.2) is 0 Å². The number of hydrogen-bond acceptors (Lipinski definition) is 4. The smallest absolute Gasteiger partial charge is 0.258 e. The molecule has 0 radical (unpaired) electrons. The van der Waals surface area contributed by atoms with Gasteiger partial charge in [0.2, 0.25) is 0 Å². The molecular formula is C21H18FN3O2. The Kier molecular flexibility index (Phi) is 4.46. The van der Waals surface area contributed by atoms with E-state index in [0.29, 0.717) is 23.5 Å². The summed E-state index contributed by atoms with van der Waals surface area (Å²) in [6, 6.07) is 17.2. The molecule has 0 fully saturated rings. The van der Waals surface area contributed by atoms with E-state index in [0.717, 1.165) is 11.3 Å². The van der Waals surface area contributed by atoms with Crippen LogP contribution in [0.3, 0.4) is 0 Å². The Morgan fingerprint density at radius 1 is 1.11 bits per heavy atom. The highest BCUT2D eigenvalue weighted by atomic mass is 19.1. The monoisotopic (exact) mass is 363 g/mol. The van der Waals surface area contributed by atoms with E-state index in [1.165, 1.54) is 12.1 Å². The van der Waals surface area contributed by atoms with Gasteiger partial charge in [-0.3, -0.25) is 9.78 Å². The number of aromatic nitrogens is 1. The van der Waals surface area contributed by atoms with Gasteiger partial charge in [-0.05, 0) is 54.1 Å². The van der Waals surface area contributed by atoms with Gasteiger partial charge in [-0.1, -0.05) is 12.1 Å². The largest absolute Gasteiger partial charge is 0.497 e. The van der Waals surface area contributed by atoms with E-state index >= 15 is 0 Å². The first-order valence-corrected chi connectivity index (χ1v) is 8.56. The van der Waals surface area contributed by atoms with Crippen LogP contribution in [-0.2, 0) is 6.54 Å². The van der Waals surface area contributed by atoms with E-state index < -0.39 is 6.17 Å². The number of nitrogens with one attached hydrogen (secondary N) is 1. The Balaban J connectivity index is 1.65. The minimum Gasteiger partial charge on any atom is -0.497 e. The van der Waals surface area contributed by atoms with Crippen LogP contribution in [0.4, 0.5) is 10.1 Å². The van der Waals surface area contributed by atoms with Crippen LogP contribution >= 0.6 is 0 Å². The molecular weight excluding hydrogens is 345 g/mol. The molecule has 0 saturated heterocycles. The van der Waals surface area contributed by atoms with Crippen LogP contribution in [-0.4, -0.2) is 22.9 Å². The predicted molar refractivity (Wildman–Crippen MR) is 99.9 cm³/mol. The molecule has 1 aliphatic heterocycles. The van der Waals surface area contributed by atoms with Crippen LogP contribution in [0, 0.1) is 5.82 Å². The van der Waals surface area contributed by atoms with Crippen molar-refractivity contribution in [2.75, 3.05) is 12.4 Å². The summed E-state index contributed by atoms with van der Waals surface area (Å²) in [5.41, 5.74) is 2.93. The second kappa shape index (κ2) is 7.07. The molecule has 136 valence electrons. The van der Waals surface area contributed by atoms with E-state index in [4.69, 9.17) is 4.74 Å². The number of pyridine rings is 1. The lowest BCUT2D eigenvalue weighted by atomic mass is 10.2. The van der Waals surface area contributed by atoms with Gasteiger partial charge in [-0.25, -0.2) is 4.39 Å². The molecule has 0 spiro atoms. The van der Waals surface area contributed by atoms with Gasteiger partial charge in [0.25, 0.3) is 5.91 Å². The van der Waals surface area contributed by atoms with E-state index in [1.54, 1.807) is 42.5 Å². The zero-order chi connectivity index (χ0) is 18.8. The van der Waals surface area contributed by atoms with Crippen LogP contribution < -0.4 is 10.1 Å². The predicted octanol–water partition coefficient (Wildman–Crippen LogP) is 4.00. The lowest BCUT2D eigenvalue weighted by Crippen LogP contribution is -2.32. The fraction of sp³-hybridized carbons (Fsp3) is 0.143. The number of nitrogens with zero attached hydrogens (tertiary/aromatic N) is 2. The fourth-order valence-electron chi connectivity index (χ4n) is 3.18. The van der Waals surface area contributed by atoms with Crippen LogP contribution in [0.15, 0.2) is 66.9 Å². The SMILES string of the molecule is COc1ccc(CN2C(=O)c3cccnc3C2Nc2ccc(F)cc2)cc1. The molecule has 2 heterocycles. The van der Waals surface area contributed by atoms with Crippen LogP contribution in [0.1, 0.15) is 27.8 Å². The minimum absolute atomic E-state index is 0.0893. The van der Waals surface area contributed by atoms with Crippen LogP contribution in [0.5, 0.6) is 5.75 Å². The highest BCUT2D eigenvalue weighted by Crippen LogP contribution is 2.34. The number of fused-ring (bicyclic) bond motifs is 1.